The molecule has 3 aromatic rings. The van der Waals surface area contributed by atoms with Crippen molar-refractivity contribution in [2.24, 2.45) is 0 Å². The number of halogens is 3. The van der Waals surface area contributed by atoms with Gasteiger partial charge < -0.3 is 19.3 Å². The summed E-state index contributed by atoms with van der Waals surface area (Å²) in [4.78, 5) is 27.8. The Morgan fingerprint density at radius 1 is 0.923 bits per heavy atom. The number of aliphatic hydroxyl groups excluding tert-OH is 1. The third kappa shape index (κ3) is 5.55. The van der Waals surface area contributed by atoms with Crippen LogP contribution < -0.4 is 19.1 Å². The predicted molar refractivity (Wildman–Crippen MR) is 138 cm³/mol. The van der Waals surface area contributed by atoms with Crippen molar-refractivity contribution in [1.82, 2.24) is 0 Å². The lowest BCUT2D eigenvalue weighted by molar-refractivity contribution is -0.274. The Hall–Kier alpha value is -4.47. The van der Waals surface area contributed by atoms with Gasteiger partial charge in [0.05, 0.1) is 25.8 Å². The van der Waals surface area contributed by atoms with Crippen molar-refractivity contribution in [3.63, 3.8) is 0 Å². The van der Waals surface area contributed by atoms with Crippen molar-refractivity contribution >= 4 is 23.1 Å². The van der Waals surface area contributed by atoms with E-state index < -0.39 is 35.6 Å². The lowest BCUT2D eigenvalue weighted by atomic mass is 9.93. The average molecular weight is 542 g/mol. The number of hydrogen-bond donors (Lipinski definition) is 1. The molecule has 1 aliphatic rings. The monoisotopic (exact) mass is 541 g/mol. The van der Waals surface area contributed by atoms with E-state index in [0.29, 0.717) is 17.1 Å². The summed E-state index contributed by atoms with van der Waals surface area (Å²) in [7, 11) is 3.00. The molecule has 0 spiro atoms. The summed E-state index contributed by atoms with van der Waals surface area (Å²) in [6.45, 7) is 3.88. The molecule has 0 saturated carbocycles. The minimum absolute atomic E-state index is 0.0173. The quantitative estimate of drug-likeness (QED) is 0.213. The Labute approximate surface area is 223 Å². The summed E-state index contributed by atoms with van der Waals surface area (Å²) < 4.78 is 53.3. The molecule has 0 radical (unpaired) electrons. The number of ether oxygens (including phenoxy) is 3. The minimum Gasteiger partial charge on any atom is -0.507 e. The van der Waals surface area contributed by atoms with Gasteiger partial charge in [0.2, 0.25) is 0 Å². The van der Waals surface area contributed by atoms with Crippen LogP contribution in [0.15, 0.2) is 72.3 Å². The second-order valence-electron chi connectivity index (χ2n) is 9.10. The van der Waals surface area contributed by atoms with E-state index in [1.807, 2.05) is 13.8 Å². The number of alkyl halides is 3. The number of amides is 1. The van der Waals surface area contributed by atoms with Crippen LogP contribution in [0, 0.1) is 0 Å². The highest BCUT2D eigenvalue weighted by molar-refractivity contribution is 6.51. The molecule has 4 rings (SSSR count). The SMILES string of the molecule is COc1ccc(C2/C(=C(/O)c3ccc(OC)c(C(C)C)c3)C(=O)C(=O)N2c2cccc(OC(F)(F)F)c2)cc1. The molecular weight excluding hydrogens is 515 g/mol. The van der Waals surface area contributed by atoms with Gasteiger partial charge in [-0.05, 0) is 59.5 Å². The number of benzene rings is 3. The van der Waals surface area contributed by atoms with Gasteiger partial charge in [-0.1, -0.05) is 32.0 Å². The van der Waals surface area contributed by atoms with Crippen LogP contribution in [0.5, 0.6) is 17.2 Å². The maximum Gasteiger partial charge on any atom is 0.573 e. The zero-order valence-electron chi connectivity index (χ0n) is 21.6. The first kappa shape index (κ1) is 27.6. The number of nitrogens with zero attached hydrogens (tertiary/aromatic N) is 1. The van der Waals surface area contributed by atoms with Crippen LogP contribution in [-0.4, -0.2) is 37.4 Å². The number of rotatable bonds is 7. The lowest BCUT2D eigenvalue weighted by Gasteiger charge is -2.26. The molecule has 1 amide bonds. The molecule has 3 aromatic carbocycles. The van der Waals surface area contributed by atoms with Crippen molar-refractivity contribution in [2.75, 3.05) is 19.1 Å². The molecule has 1 heterocycles. The minimum atomic E-state index is -4.95. The molecule has 10 heteroatoms. The van der Waals surface area contributed by atoms with Crippen LogP contribution in [0.2, 0.25) is 0 Å². The Kier molecular flexibility index (Phi) is 7.58. The molecule has 7 nitrogen and oxygen atoms in total. The number of carbonyl (C=O) groups excluding carboxylic acids is 2. The summed E-state index contributed by atoms with van der Waals surface area (Å²) in [5, 5.41) is 11.4. The number of Topliss-reactive ketones (excluding diaryl/α,β-unsaturated/α-hetero) is 1. The van der Waals surface area contributed by atoms with E-state index in [0.717, 1.165) is 22.6 Å². The predicted octanol–water partition coefficient (Wildman–Crippen LogP) is 6.35. The van der Waals surface area contributed by atoms with Gasteiger partial charge in [0, 0.05) is 17.3 Å². The van der Waals surface area contributed by atoms with Gasteiger partial charge in [0.15, 0.2) is 0 Å². The van der Waals surface area contributed by atoms with Crippen LogP contribution in [0.25, 0.3) is 5.76 Å². The zero-order chi connectivity index (χ0) is 28.5. The van der Waals surface area contributed by atoms with Crippen molar-refractivity contribution in [1.29, 1.82) is 0 Å². The van der Waals surface area contributed by atoms with Gasteiger partial charge in [-0.15, -0.1) is 13.2 Å². The molecule has 0 bridgehead atoms. The van der Waals surface area contributed by atoms with Crippen LogP contribution in [0.4, 0.5) is 18.9 Å². The van der Waals surface area contributed by atoms with Crippen LogP contribution in [0.3, 0.4) is 0 Å². The van der Waals surface area contributed by atoms with Crippen LogP contribution in [-0.2, 0) is 9.59 Å². The average Bonchev–Trinajstić information content (AvgIpc) is 3.17. The summed E-state index contributed by atoms with van der Waals surface area (Å²) >= 11 is 0. The summed E-state index contributed by atoms with van der Waals surface area (Å²) in [6, 6.07) is 15.0. The van der Waals surface area contributed by atoms with Gasteiger partial charge in [-0.3, -0.25) is 14.5 Å². The molecule has 204 valence electrons. The van der Waals surface area contributed by atoms with Gasteiger partial charge in [0.1, 0.15) is 23.0 Å². The third-order valence-corrected chi connectivity index (χ3v) is 6.33. The molecule has 1 fully saturated rings. The largest absolute Gasteiger partial charge is 0.573 e. The smallest absolute Gasteiger partial charge is 0.507 e. The highest BCUT2D eigenvalue weighted by Crippen LogP contribution is 2.44. The molecule has 1 N–H and O–H groups in total. The number of aliphatic hydroxyl groups is 1. The number of methoxy groups -OCH3 is 2. The molecular formula is C29H26F3NO6. The number of carbonyl (C=O) groups is 2. The summed E-state index contributed by atoms with van der Waals surface area (Å²) in [5.41, 5.74) is 1.25. The number of hydrogen-bond acceptors (Lipinski definition) is 6. The van der Waals surface area contributed by atoms with Crippen molar-refractivity contribution in [3.8, 4) is 17.2 Å². The molecule has 1 atom stereocenters. The molecule has 1 saturated heterocycles. The topological polar surface area (TPSA) is 85.3 Å². The second kappa shape index (κ2) is 10.7. The Bertz CT molecular complexity index is 1430. The first-order valence-corrected chi connectivity index (χ1v) is 11.9. The van der Waals surface area contributed by atoms with Crippen molar-refractivity contribution in [3.05, 3.63) is 89.0 Å². The maximum atomic E-state index is 13.4. The zero-order valence-corrected chi connectivity index (χ0v) is 21.6. The lowest BCUT2D eigenvalue weighted by Crippen LogP contribution is -2.29. The van der Waals surface area contributed by atoms with E-state index in [1.165, 1.54) is 26.4 Å². The summed E-state index contributed by atoms with van der Waals surface area (Å²) in [5.74, 6) is -1.88. The van der Waals surface area contributed by atoms with Gasteiger partial charge in [0.25, 0.3) is 11.7 Å². The van der Waals surface area contributed by atoms with E-state index in [4.69, 9.17) is 9.47 Å². The third-order valence-electron chi connectivity index (χ3n) is 6.33. The fourth-order valence-electron chi connectivity index (χ4n) is 4.52. The molecule has 0 aromatic heterocycles. The molecule has 1 aliphatic heterocycles. The number of anilines is 1. The van der Waals surface area contributed by atoms with Crippen molar-refractivity contribution < 1.29 is 42.1 Å². The molecule has 1 unspecified atom stereocenters. The Balaban J connectivity index is 1.92. The van der Waals surface area contributed by atoms with Gasteiger partial charge in [-0.2, -0.15) is 0 Å². The van der Waals surface area contributed by atoms with E-state index >= 15 is 0 Å². The van der Waals surface area contributed by atoms with Crippen LogP contribution >= 0.6 is 0 Å². The van der Waals surface area contributed by atoms with Crippen molar-refractivity contribution in [2.45, 2.75) is 32.2 Å². The highest BCUT2D eigenvalue weighted by atomic mass is 19.4. The Morgan fingerprint density at radius 3 is 2.21 bits per heavy atom. The molecule has 39 heavy (non-hydrogen) atoms. The van der Waals surface area contributed by atoms with E-state index in [2.05, 4.69) is 4.74 Å². The molecule has 0 aliphatic carbocycles. The van der Waals surface area contributed by atoms with E-state index in [1.54, 1.807) is 42.5 Å². The first-order valence-electron chi connectivity index (χ1n) is 11.9. The van der Waals surface area contributed by atoms with E-state index in [-0.39, 0.29) is 22.7 Å². The summed E-state index contributed by atoms with van der Waals surface area (Å²) in [6.07, 6.45) is -4.95. The Morgan fingerprint density at radius 2 is 1.62 bits per heavy atom. The standard InChI is InChI=1S/C29H26F3NO6/c1-16(2)22-14-18(10-13-23(22)38-4)26(34)24-25(17-8-11-20(37-3)12-9-17)33(28(36)27(24)35)19-6-5-7-21(15-19)39-29(30,31)32/h5-16,25,34H,1-4H3/b26-24-. The van der Waals surface area contributed by atoms with Gasteiger partial charge >= 0.3 is 6.36 Å². The fraction of sp³-hybridized carbons (Fsp3) is 0.241. The number of ketones is 1. The second-order valence-corrected chi connectivity index (χ2v) is 9.10. The maximum absolute atomic E-state index is 13.4. The fourth-order valence-corrected chi connectivity index (χ4v) is 4.52. The van der Waals surface area contributed by atoms with Crippen LogP contribution in [0.1, 0.15) is 42.5 Å². The van der Waals surface area contributed by atoms with E-state index in [9.17, 15) is 27.9 Å². The normalized spacial score (nSPS) is 17.0. The first-order chi connectivity index (χ1) is 18.4. The highest BCUT2D eigenvalue weighted by Gasteiger charge is 2.47. The van der Waals surface area contributed by atoms with Gasteiger partial charge in [-0.25, -0.2) is 0 Å².